The second kappa shape index (κ2) is 10.4. The van der Waals surface area contributed by atoms with Crippen LogP contribution in [0.4, 0.5) is 0 Å². The molecule has 2 saturated carbocycles. The third-order valence-corrected chi connectivity index (χ3v) is 7.43. The second-order valence-electron chi connectivity index (χ2n) is 9.00. The van der Waals surface area contributed by atoms with Crippen molar-refractivity contribution in [2.75, 3.05) is 13.2 Å². The van der Waals surface area contributed by atoms with Gasteiger partial charge in [0.1, 0.15) is 0 Å². The molecule has 4 heteroatoms. The minimum atomic E-state index is 0.0841. The highest BCUT2D eigenvalue weighted by molar-refractivity contribution is 6.30. The molecule has 0 spiro atoms. The van der Waals surface area contributed by atoms with Crippen molar-refractivity contribution in [3.8, 4) is 0 Å². The molecule has 0 radical (unpaired) electrons. The fourth-order valence-electron chi connectivity index (χ4n) is 5.42. The fourth-order valence-corrected chi connectivity index (χ4v) is 5.54. The predicted octanol–water partition coefficient (Wildman–Crippen LogP) is 6.37. The van der Waals surface area contributed by atoms with Gasteiger partial charge >= 0.3 is 0 Å². The first-order chi connectivity index (χ1) is 13.8. The lowest BCUT2D eigenvalue weighted by Gasteiger charge is -2.38. The zero-order chi connectivity index (χ0) is 19.2. The molecule has 28 heavy (non-hydrogen) atoms. The van der Waals surface area contributed by atoms with E-state index in [-0.39, 0.29) is 6.29 Å². The summed E-state index contributed by atoms with van der Waals surface area (Å²) in [6.45, 7) is 2.28. The van der Waals surface area contributed by atoms with Gasteiger partial charge in [0.2, 0.25) is 0 Å². The van der Waals surface area contributed by atoms with Crippen molar-refractivity contribution in [1.82, 2.24) is 0 Å². The van der Waals surface area contributed by atoms with Gasteiger partial charge in [-0.2, -0.15) is 0 Å². The maximum absolute atomic E-state index is 6.18. The highest BCUT2D eigenvalue weighted by Crippen LogP contribution is 2.41. The van der Waals surface area contributed by atoms with E-state index >= 15 is 0 Å². The molecule has 1 aliphatic heterocycles. The largest absolute Gasteiger partial charge is 0.374 e. The lowest BCUT2D eigenvalue weighted by molar-refractivity contribution is -0.0516. The molecular weight excluding hydrogens is 372 g/mol. The summed E-state index contributed by atoms with van der Waals surface area (Å²) >= 11 is 5.95. The van der Waals surface area contributed by atoms with Crippen LogP contribution in [0.1, 0.15) is 69.8 Å². The van der Waals surface area contributed by atoms with E-state index in [2.05, 4.69) is 12.1 Å². The Hall–Kier alpha value is -0.610. The molecule has 0 bridgehead atoms. The highest BCUT2D eigenvalue weighted by Gasteiger charge is 2.31. The number of rotatable bonds is 7. The molecule has 4 rings (SSSR count). The molecular formula is C24H35ClO3. The number of halogens is 1. The molecule has 2 aliphatic carbocycles. The van der Waals surface area contributed by atoms with Crippen molar-refractivity contribution in [3.05, 3.63) is 34.9 Å². The molecule has 3 fully saturated rings. The van der Waals surface area contributed by atoms with Crippen LogP contribution in [0.15, 0.2) is 24.3 Å². The monoisotopic (exact) mass is 406 g/mol. The van der Waals surface area contributed by atoms with Gasteiger partial charge < -0.3 is 14.2 Å². The Morgan fingerprint density at radius 2 is 1.39 bits per heavy atom. The first-order valence-electron chi connectivity index (χ1n) is 11.4. The van der Waals surface area contributed by atoms with Gasteiger partial charge in [-0.3, -0.25) is 0 Å². The minimum absolute atomic E-state index is 0.0841. The van der Waals surface area contributed by atoms with Gasteiger partial charge in [-0.1, -0.05) is 36.6 Å². The van der Waals surface area contributed by atoms with Crippen molar-refractivity contribution in [3.63, 3.8) is 0 Å². The van der Waals surface area contributed by atoms with E-state index in [1.165, 1.54) is 63.4 Å². The zero-order valence-corrected chi connectivity index (χ0v) is 17.7. The Balaban J connectivity index is 1.11. The zero-order valence-electron chi connectivity index (χ0n) is 17.0. The van der Waals surface area contributed by atoms with Crippen LogP contribution in [-0.2, 0) is 20.8 Å². The van der Waals surface area contributed by atoms with Crippen LogP contribution in [0.2, 0.25) is 5.02 Å². The van der Waals surface area contributed by atoms with E-state index in [1.54, 1.807) is 0 Å². The average Bonchev–Trinajstić information content (AvgIpc) is 3.26. The van der Waals surface area contributed by atoms with E-state index < -0.39 is 0 Å². The van der Waals surface area contributed by atoms with Crippen LogP contribution < -0.4 is 0 Å². The molecule has 0 amide bonds. The van der Waals surface area contributed by atoms with Crippen molar-refractivity contribution in [2.24, 2.45) is 17.8 Å². The van der Waals surface area contributed by atoms with Gasteiger partial charge in [0.15, 0.2) is 6.29 Å². The minimum Gasteiger partial charge on any atom is -0.374 e. The molecule has 3 aliphatic rings. The Bertz CT molecular complexity index is 568. The van der Waals surface area contributed by atoms with Gasteiger partial charge in [-0.05, 0) is 86.8 Å². The number of hydrogen-bond acceptors (Lipinski definition) is 3. The Morgan fingerprint density at radius 1 is 0.786 bits per heavy atom. The van der Waals surface area contributed by atoms with Crippen LogP contribution in [0, 0.1) is 17.8 Å². The molecule has 0 N–H and O–H groups in total. The highest BCUT2D eigenvalue weighted by atomic mass is 35.5. The summed E-state index contributed by atoms with van der Waals surface area (Å²) in [5.41, 5.74) is 1.22. The standard InChI is InChI=1S/C24H35ClO3/c25-22-10-3-19(4-11-22)17-28-23-12-8-21(9-13-23)20-6-1-18(2-7-20)5-14-24-26-15-16-27-24/h3-4,10-11,18,20-21,23-24H,1-2,5-9,12-17H2. The summed E-state index contributed by atoms with van der Waals surface area (Å²) in [4.78, 5) is 0. The summed E-state index contributed by atoms with van der Waals surface area (Å²) < 4.78 is 17.3. The number of benzene rings is 1. The van der Waals surface area contributed by atoms with Crippen LogP contribution >= 0.6 is 11.6 Å². The average molecular weight is 407 g/mol. The van der Waals surface area contributed by atoms with E-state index in [4.69, 9.17) is 25.8 Å². The lowest BCUT2D eigenvalue weighted by atomic mass is 9.70. The smallest absolute Gasteiger partial charge is 0.157 e. The van der Waals surface area contributed by atoms with Gasteiger partial charge in [-0.15, -0.1) is 0 Å². The lowest BCUT2D eigenvalue weighted by Crippen LogP contribution is -2.28. The van der Waals surface area contributed by atoms with E-state index in [0.717, 1.165) is 42.4 Å². The molecule has 1 aromatic carbocycles. The van der Waals surface area contributed by atoms with Crippen molar-refractivity contribution in [2.45, 2.75) is 83.2 Å². The van der Waals surface area contributed by atoms with Crippen molar-refractivity contribution >= 4 is 11.6 Å². The maximum atomic E-state index is 6.18. The van der Waals surface area contributed by atoms with Crippen LogP contribution in [0.5, 0.6) is 0 Å². The molecule has 0 unspecified atom stereocenters. The fraction of sp³-hybridized carbons (Fsp3) is 0.750. The van der Waals surface area contributed by atoms with Gasteiger partial charge in [0.25, 0.3) is 0 Å². The summed E-state index contributed by atoms with van der Waals surface area (Å²) in [5.74, 6) is 2.77. The maximum Gasteiger partial charge on any atom is 0.157 e. The Labute approximate surface area is 175 Å². The summed E-state index contributed by atoms with van der Waals surface area (Å²) in [6, 6.07) is 8.03. The van der Waals surface area contributed by atoms with Gasteiger partial charge in [0, 0.05) is 5.02 Å². The van der Waals surface area contributed by atoms with Gasteiger partial charge in [-0.25, -0.2) is 0 Å². The quantitative estimate of drug-likeness (QED) is 0.526. The molecule has 1 heterocycles. The van der Waals surface area contributed by atoms with E-state index in [1.807, 2.05) is 12.1 Å². The van der Waals surface area contributed by atoms with Crippen LogP contribution in [-0.4, -0.2) is 25.6 Å². The molecule has 1 aromatic rings. The first-order valence-corrected chi connectivity index (χ1v) is 11.7. The summed E-state index contributed by atoms with van der Waals surface area (Å²) in [7, 11) is 0. The molecule has 0 atom stereocenters. The van der Waals surface area contributed by atoms with Crippen LogP contribution in [0.25, 0.3) is 0 Å². The second-order valence-corrected chi connectivity index (χ2v) is 9.44. The number of hydrogen-bond donors (Lipinski definition) is 0. The normalized spacial score (nSPS) is 31.9. The molecule has 156 valence electrons. The van der Waals surface area contributed by atoms with E-state index in [0.29, 0.717) is 12.7 Å². The predicted molar refractivity (Wildman–Crippen MR) is 112 cm³/mol. The Kier molecular flexibility index (Phi) is 7.69. The SMILES string of the molecule is Clc1ccc(COC2CCC(C3CCC(CCC4OCCO4)CC3)CC2)cc1. The summed E-state index contributed by atoms with van der Waals surface area (Å²) in [5, 5.41) is 0.791. The summed E-state index contributed by atoms with van der Waals surface area (Å²) in [6.07, 6.45) is 13.7. The third kappa shape index (κ3) is 5.95. The van der Waals surface area contributed by atoms with Crippen molar-refractivity contribution < 1.29 is 14.2 Å². The van der Waals surface area contributed by atoms with Crippen LogP contribution in [0.3, 0.4) is 0 Å². The van der Waals surface area contributed by atoms with E-state index in [9.17, 15) is 0 Å². The number of ether oxygens (including phenoxy) is 3. The first kappa shape index (κ1) is 20.7. The molecule has 3 nitrogen and oxygen atoms in total. The topological polar surface area (TPSA) is 27.7 Å². The van der Waals surface area contributed by atoms with Gasteiger partial charge in [0.05, 0.1) is 25.9 Å². The van der Waals surface area contributed by atoms with Crippen molar-refractivity contribution in [1.29, 1.82) is 0 Å². The third-order valence-electron chi connectivity index (χ3n) is 7.18. The molecule has 1 saturated heterocycles. The Morgan fingerprint density at radius 3 is 2.04 bits per heavy atom. The molecule has 0 aromatic heterocycles.